The molecule has 0 spiro atoms. The van der Waals surface area contributed by atoms with Crippen molar-refractivity contribution in [3.8, 4) is 5.75 Å². The van der Waals surface area contributed by atoms with E-state index >= 15 is 0 Å². The Morgan fingerprint density at radius 3 is 2.70 bits per heavy atom. The van der Waals surface area contributed by atoms with Crippen LogP contribution in [0.3, 0.4) is 0 Å². The molecule has 106 valence electrons. The van der Waals surface area contributed by atoms with Crippen LogP contribution in [0.2, 0.25) is 5.02 Å². The lowest BCUT2D eigenvalue weighted by Crippen LogP contribution is -2.08. The van der Waals surface area contributed by atoms with Crippen LogP contribution in [0.5, 0.6) is 5.75 Å². The second-order valence-corrected chi connectivity index (χ2v) is 5.94. The number of halogens is 2. The van der Waals surface area contributed by atoms with Crippen molar-refractivity contribution in [2.45, 2.75) is 20.1 Å². The fraction of sp³-hybridized carbons (Fsp3) is 0.250. The molecule has 0 fully saturated rings. The predicted octanol–water partition coefficient (Wildman–Crippen LogP) is 4.71. The van der Waals surface area contributed by atoms with Crippen LogP contribution in [-0.2, 0) is 13.2 Å². The van der Waals surface area contributed by atoms with Crippen molar-refractivity contribution in [3.63, 3.8) is 0 Å². The topological polar surface area (TPSA) is 21.3 Å². The lowest BCUT2D eigenvalue weighted by molar-refractivity contribution is 0.300. The first-order valence-corrected chi connectivity index (χ1v) is 7.58. The number of hydrogen-bond acceptors (Lipinski definition) is 2. The van der Waals surface area contributed by atoms with Crippen LogP contribution < -0.4 is 10.1 Å². The van der Waals surface area contributed by atoms with E-state index in [0.717, 1.165) is 33.5 Å². The van der Waals surface area contributed by atoms with Crippen LogP contribution >= 0.6 is 27.5 Å². The van der Waals surface area contributed by atoms with Crippen molar-refractivity contribution in [1.29, 1.82) is 0 Å². The average Bonchev–Trinajstić information content (AvgIpc) is 2.40. The predicted molar refractivity (Wildman–Crippen MR) is 87.4 cm³/mol. The molecule has 2 aromatic carbocycles. The van der Waals surface area contributed by atoms with E-state index in [2.05, 4.69) is 40.3 Å². The van der Waals surface area contributed by atoms with Crippen molar-refractivity contribution < 1.29 is 4.74 Å². The van der Waals surface area contributed by atoms with Gasteiger partial charge in [-0.25, -0.2) is 0 Å². The van der Waals surface area contributed by atoms with E-state index in [9.17, 15) is 0 Å². The molecule has 0 bridgehead atoms. The minimum atomic E-state index is 0.466. The first kappa shape index (κ1) is 15.4. The highest BCUT2D eigenvalue weighted by Gasteiger charge is 2.08. The highest BCUT2D eigenvalue weighted by atomic mass is 79.9. The Kier molecular flexibility index (Phi) is 5.46. The number of ether oxygens (including phenoxy) is 1. The van der Waals surface area contributed by atoms with Gasteiger partial charge in [-0.15, -0.1) is 0 Å². The molecule has 4 heteroatoms. The number of rotatable bonds is 5. The van der Waals surface area contributed by atoms with Gasteiger partial charge in [0.15, 0.2) is 0 Å². The molecule has 0 aliphatic heterocycles. The minimum absolute atomic E-state index is 0.466. The van der Waals surface area contributed by atoms with Gasteiger partial charge in [-0.2, -0.15) is 0 Å². The van der Waals surface area contributed by atoms with Crippen LogP contribution in [0.4, 0.5) is 0 Å². The van der Waals surface area contributed by atoms with Crippen molar-refractivity contribution in [1.82, 2.24) is 5.32 Å². The molecule has 0 unspecified atom stereocenters. The first-order chi connectivity index (χ1) is 9.61. The van der Waals surface area contributed by atoms with Crippen molar-refractivity contribution in [2.75, 3.05) is 7.05 Å². The third-order valence-electron chi connectivity index (χ3n) is 3.05. The minimum Gasteiger partial charge on any atom is -0.488 e. The summed E-state index contributed by atoms with van der Waals surface area (Å²) in [7, 11) is 1.93. The summed E-state index contributed by atoms with van der Waals surface area (Å²) in [5.41, 5.74) is 3.26. The van der Waals surface area contributed by atoms with Gasteiger partial charge >= 0.3 is 0 Å². The fourth-order valence-electron chi connectivity index (χ4n) is 2.04. The van der Waals surface area contributed by atoms with Gasteiger partial charge in [-0.3, -0.25) is 0 Å². The average molecular weight is 355 g/mol. The Balaban J connectivity index is 2.18. The second kappa shape index (κ2) is 7.11. The summed E-state index contributed by atoms with van der Waals surface area (Å²) in [5.74, 6) is 0.931. The highest BCUT2D eigenvalue weighted by Crippen LogP contribution is 2.27. The van der Waals surface area contributed by atoms with E-state index in [1.54, 1.807) is 0 Å². The SMILES string of the molecule is CNCc1cccc(C)c1OCc1ccc(Br)cc1Cl. The van der Waals surface area contributed by atoms with Gasteiger partial charge in [0.05, 0.1) is 0 Å². The number of nitrogens with one attached hydrogen (secondary N) is 1. The Hall–Kier alpha value is -1.03. The molecule has 0 radical (unpaired) electrons. The van der Waals surface area contributed by atoms with E-state index in [-0.39, 0.29) is 0 Å². The molecule has 0 saturated carbocycles. The summed E-state index contributed by atoms with van der Waals surface area (Å²) in [5, 5.41) is 3.87. The maximum atomic E-state index is 6.21. The third kappa shape index (κ3) is 3.75. The molecular weight excluding hydrogens is 338 g/mol. The second-order valence-electron chi connectivity index (χ2n) is 4.62. The zero-order valence-electron chi connectivity index (χ0n) is 11.5. The molecule has 2 rings (SSSR count). The Morgan fingerprint density at radius 2 is 2.00 bits per heavy atom. The Bertz CT molecular complexity index is 601. The molecule has 0 amide bonds. The number of aryl methyl sites for hydroxylation is 1. The lowest BCUT2D eigenvalue weighted by atomic mass is 10.1. The summed E-state index contributed by atoms with van der Waals surface area (Å²) >= 11 is 9.62. The first-order valence-electron chi connectivity index (χ1n) is 6.41. The van der Waals surface area contributed by atoms with Crippen LogP contribution in [0.25, 0.3) is 0 Å². The summed E-state index contributed by atoms with van der Waals surface area (Å²) in [6.07, 6.45) is 0. The summed E-state index contributed by atoms with van der Waals surface area (Å²) in [6.45, 7) is 3.30. The Labute approximate surface area is 133 Å². The molecule has 20 heavy (non-hydrogen) atoms. The number of hydrogen-bond donors (Lipinski definition) is 1. The number of benzene rings is 2. The zero-order valence-corrected chi connectivity index (χ0v) is 13.9. The van der Waals surface area contributed by atoms with Crippen LogP contribution in [0, 0.1) is 6.92 Å². The Morgan fingerprint density at radius 1 is 1.20 bits per heavy atom. The van der Waals surface area contributed by atoms with E-state index in [1.165, 1.54) is 0 Å². The third-order valence-corrected chi connectivity index (χ3v) is 3.89. The van der Waals surface area contributed by atoms with Crippen LogP contribution in [0.15, 0.2) is 40.9 Å². The zero-order chi connectivity index (χ0) is 14.5. The monoisotopic (exact) mass is 353 g/mol. The van der Waals surface area contributed by atoms with Crippen molar-refractivity contribution in [3.05, 3.63) is 62.6 Å². The highest BCUT2D eigenvalue weighted by molar-refractivity contribution is 9.10. The van der Waals surface area contributed by atoms with E-state index < -0.39 is 0 Å². The van der Waals surface area contributed by atoms with E-state index in [0.29, 0.717) is 11.6 Å². The molecule has 0 heterocycles. The molecule has 1 N–H and O–H groups in total. The molecule has 0 saturated heterocycles. The molecular formula is C16H17BrClNO. The summed E-state index contributed by atoms with van der Waals surface area (Å²) < 4.78 is 6.96. The smallest absolute Gasteiger partial charge is 0.127 e. The van der Waals surface area contributed by atoms with Gasteiger partial charge in [-0.05, 0) is 31.7 Å². The molecule has 2 aromatic rings. The summed E-state index contributed by atoms with van der Waals surface area (Å²) in [6, 6.07) is 12.0. The normalized spacial score (nSPS) is 10.6. The van der Waals surface area contributed by atoms with Gasteiger partial charge in [0.25, 0.3) is 0 Å². The van der Waals surface area contributed by atoms with Crippen molar-refractivity contribution in [2.24, 2.45) is 0 Å². The van der Waals surface area contributed by atoms with E-state index in [1.807, 2.05) is 31.3 Å². The van der Waals surface area contributed by atoms with Gasteiger partial charge < -0.3 is 10.1 Å². The van der Waals surface area contributed by atoms with Gasteiger partial charge in [0, 0.05) is 27.2 Å². The molecule has 0 aliphatic carbocycles. The van der Waals surface area contributed by atoms with Gasteiger partial charge in [0.2, 0.25) is 0 Å². The molecule has 0 aliphatic rings. The summed E-state index contributed by atoms with van der Waals surface area (Å²) in [4.78, 5) is 0. The maximum Gasteiger partial charge on any atom is 0.127 e. The van der Waals surface area contributed by atoms with E-state index in [4.69, 9.17) is 16.3 Å². The molecule has 0 atom stereocenters. The standard InChI is InChI=1S/C16H17BrClNO/c1-11-4-3-5-12(9-19-2)16(11)20-10-13-6-7-14(17)8-15(13)18/h3-8,19H,9-10H2,1-2H3. The maximum absolute atomic E-state index is 6.21. The van der Waals surface area contributed by atoms with Gasteiger partial charge in [0.1, 0.15) is 12.4 Å². The fourth-order valence-corrected chi connectivity index (χ4v) is 2.77. The molecule has 2 nitrogen and oxygen atoms in total. The number of para-hydroxylation sites is 1. The quantitative estimate of drug-likeness (QED) is 0.839. The van der Waals surface area contributed by atoms with Crippen LogP contribution in [-0.4, -0.2) is 7.05 Å². The van der Waals surface area contributed by atoms with Gasteiger partial charge in [-0.1, -0.05) is 51.8 Å². The van der Waals surface area contributed by atoms with Crippen LogP contribution in [0.1, 0.15) is 16.7 Å². The molecule has 0 aromatic heterocycles. The van der Waals surface area contributed by atoms with Crippen molar-refractivity contribution >= 4 is 27.5 Å². The largest absolute Gasteiger partial charge is 0.488 e. The lowest BCUT2D eigenvalue weighted by Gasteiger charge is -2.14.